The first-order chi connectivity index (χ1) is 13.3. The van der Waals surface area contributed by atoms with E-state index in [1.165, 1.54) is 5.69 Å². The fourth-order valence-electron chi connectivity index (χ4n) is 3.81. The number of aromatic nitrogens is 3. The zero-order chi connectivity index (χ0) is 20.4. The minimum atomic E-state index is -0.358. The topological polar surface area (TPSA) is 72.2 Å². The van der Waals surface area contributed by atoms with E-state index < -0.39 is 0 Å². The Bertz CT molecular complexity index is 910. The highest BCUT2D eigenvalue weighted by atomic mass is 16.2. The van der Waals surface area contributed by atoms with Crippen molar-refractivity contribution in [2.24, 2.45) is 13.0 Å². The number of hydrogen-bond acceptors (Lipinski definition) is 4. The molecule has 0 spiro atoms. The molecule has 0 aromatic carbocycles. The summed E-state index contributed by atoms with van der Waals surface area (Å²) < 4.78 is 3.58. The van der Waals surface area contributed by atoms with Crippen molar-refractivity contribution in [3.63, 3.8) is 0 Å². The summed E-state index contributed by atoms with van der Waals surface area (Å²) in [6, 6.07) is 5.52. The summed E-state index contributed by atoms with van der Waals surface area (Å²) in [5.41, 5.74) is 2.81. The molecule has 3 rings (SSSR count). The molecule has 1 amide bonds. The van der Waals surface area contributed by atoms with Crippen LogP contribution in [0.4, 0.5) is 0 Å². The van der Waals surface area contributed by atoms with Crippen LogP contribution in [0.25, 0.3) is 0 Å². The monoisotopic (exact) mass is 385 g/mol. The molecule has 0 unspecified atom stereocenters. The molecule has 152 valence electrons. The molecule has 28 heavy (non-hydrogen) atoms. The maximum absolute atomic E-state index is 12.5. The van der Waals surface area contributed by atoms with E-state index in [2.05, 4.69) is 29.2 Å². The summed E-state index contributed by atoms with van der Waals surface area (Å²) >= 11 is 0. The number of rotatable bonds is 6. The van der Waals surface area contributed by atoms with E-state index in [0.717, 1.165) is 37.6 Å². The Morgan fingerprint density at radius 2 is 1.96 bits per heavy atom. The Morgan fingerprint density at radius 1 is 1.21 bits per heavy atom. The summed E-state index contributed by atoms with van der Waals surface area (Å²) in [7, 11) is 1.71. The minimum Gasteiger partial charge on any atom is -0.346 e. The third kappa shape index (κ3) is 4.35. The lowest BCUT2D eigenvalue weighted by atomic mass is 10.1. The van der Waals surface area contributed by atoms with Crippen molar-refractivity contribution in [3.05, 3.63) is 51.2 Å². The molecule has 0 saturated heterocycles. The quantitative estimate of drug-likeness (QED) is 0.827. The third-order valence-electron chi connectivity index (χ3n) is 5.16. The predicted octanol–water partition coefficient (Wildman–Crippen LogP) is 2.11. The first-order valence-electron chi connectivity index (χ1n) is 10.0. The van der Waals surface area contributed by atoms with Crippen LogP contribution in [0.15, 0.2) is 23.0 Å². The number of pyridine rings is 1. The van der Waals surface area contributed by atoms with Crippen LogP contribution in [0.1, 0.15) is 61.1 Å². The van der Waals surface area contributed by atoms with Gasteiger partial charge in [-0.3, -0.25) is 19.2 Å². The maximum atomic E-state index is 12.5. The van der Waals surface area contributed by atoms with Gasteiger partial charge >= 0.3 is 0 Å². The second kappa shape index (κ2) is 8.31. The molecule has 1 aliphatic rings. The van der Waals surface area contributed by atoms with Gasteiger partial charge in [0.25, 0.3) is 11.5 Å². The van der Waals surface area contributed by atoms with Crippen molar-refractivity contribution in [1.29, 1.82) is 0 Å². The highest BCUT2D eigenvalue weighted by molar-refractivity contribution is 5.93. The molecular formula is C21H31N5O2. The third-order valence-corrected chi connectivity index (χ3v) is 5.16. The Balaban J connectivity index is 1.66. The van der Waals surface area contributed by atoms with Gasteiger partial charge in [-0.15, -0.1) is 0 Å². The fraction of sp³-hybridized carbons (Fsp3) is 0.571. The van der Waals surface area contributed by atoms with Crippen LogP contribution in [0.5, 0.6) is 0 Å². The molecule has 7 nitrogen and oxygen atoms in total. The molecule has 1 aliphatic heterocycles. The van der Waals surface area contributed by atoms with Crippen molar-refractivity contribution in [2.45, 2.75) is 53.2 Å². The van der Waals surface area contributed by atoms with E-state index in [4.69, 9.17) is 0 Å². The fourth-order valence-corrected chi connectivity index (χ4v) is 3.81. The standard InChI is InChI=1S/C21H31N5O2/c1-14(2)12-25-8-9-26-17(13-25)10-16(23-26)11-22-20(27)18-6-7-19(15(3)4)24(5)21(18)28/h6-7,10,14-15H,8-9,11-13H2,1-5H3,(H,22,27). The van der Waals surface area contributed by atoms with Crippen molar-refractivity contribution in [2.75, 3.05) is 13.1 Å². The average molecular weight is 386 g/mol. The Labute approximate surface area is 166 Å². The maximum Gasteiger partial charge on any atom is 0.263 e. The SMILES string of the molecule is CC(C)CN1CCn2nc(CNC(=O)c3ccc(C(C)C)n(C)c3=O)cc2C1. The van der Waals surface area contributed by atoms with E-state index in [0.29, 0.717) is 12.5 Å². The lowest BCUT2D eigenvalue weighted by molar-refractivity contribution is 0.0948. The molecule has 3 heterocycles. The van der Waals surface area contributed by atoms with Gasteiger partial charge in [0.15, 0.2) is 0 Å². The van der Waals surface area contributed by atoms with Crippen molar-refractivity contribution in [1.82, 2.24) is 24.6 Å². The van der Waals surface area contributed by atoms with E-state index in [1.54, 1.807) is 17.7 Å². The van der Waals surface area contributed by atoms with Crippen LogP contribution < -0.4 is 10.9 Å². The van der Waals surface area contributed by atoms with Gasteiger partial charge in [0, 0.05) is 32.4 Å². The number of carbonyl (C=O) groups excluding carboxylic acids is 1. The van der Waals surface area contributed by atoms with E-state index in [9.17, 15) is 9.59 Å². The first kappa shape index (κ1) is 20.3. The molecule has 0 aliphatic carbocycles. The molecule has 0 bridgehead atoms. The van der Waals surface area contributed by atoms with Crippen LogP contribution in [0.3, 0.4) is 0 Å². The second-order valence-corrected chi connectivity index (χ2v) is 8.35. The Morgan fingerprint density at radius 3 is 2.64 bits per heavy atom. The molecule has 2 aromatic heterocycles. The summed E-state index contributed by atoms with van der Waals surface area (Å²) in [6.07, 6.45) is 0. The summed E-state index contributed by atoms with van der Waals surface area (Å²) in [5.74, 6) is 0.503. The molecule has 0 fully saturated rings. The van der Waals surface area contributed by atoms with E-state index in [-0.39, 0.29) is 22.9 Å². The summed E-state index contributed by atoms with van der Waals surface area (Å²) in [6.45, 7) is 12.6. The zero-order valence-corrected chi connectivity index (χ0v) is 17.5. The lowest BCUT2D eigenvalue weighted by Crippen LogP contribution is -2.36. The van der Waals surface area contributed by atoms with Crippen LogP contribution in [0, 0.1) is 5.92 Å². The number of hydrogen-bond donors (Lipinski definition) is 1. The Kier molecular flexibility index (Phi) is 6.03. The lowest BCUT2D eigenvalue weighted by Gasteiger charge is -2.28. The molecule has 7 heteroatoms. The predicted molar refractivity (Wildman–Crippen MR) is 109 cm³/mol. The summed E-state index contributed by atoms with van der Waals surface area (Å²) in [4.78, 5) is 27.5. The summed E-state index contributed by atoms with van der Waals surface area (Å²) in [5, 5.41) is 7.44. The van der Waals surface area contributed by atoms with E-state index in [1.807, 2.05) is 30.7 Å². The van der Waals surface area contributed by atoms with Gasteiger partial charge in [-0.05, 0) is 30.0 Å². The Hall–Kier alpha value is -2.41. The average Bonchev–Trinajstić information content (AvgIpc) is 3.03. The molecule has 0 radical (unpaired) electrons. The minimum absolute atomic E-state index is 0.166. The van der Waals surface area contributed by atoms with Gasteiger partial charge in [-0.25, -0.2) is 0 Å². The van der Waals surface area contributed by atoms with Gasteiger partial charge in [0.1, 0.15) is 5.56 Å². The van der Waals surface area contributed by atoms with Crippen LogP contribution >= 0.6 is 0 Å². The number of fused-ring (bicyclic) bond motifs is 1. The van der Waals surface area contributed by atoms with Crippen molar-refractivity contribution in [3.8, 4) is 0 Å². The van der Waals surface area contributed by atoms with Crippen molar-refractivity contribution < 1.29 is 4.79 Å². The van der Waals surface area contributed by atoms with Crippen LogP contribution in [-0.4, -0.2) is 38.2 Å². The van der Waals surface area contributed by atoms with Gasteiger partial charge < -0.3 is 9.88 Å². The van der Waals surface area contributed by atoms with E-state index >= 15 is 0 Å². The zero-order valence-electron chi connectivity index (χ0n) is 17.5. The first-order valence-corrected chi connectivity index (χ1v) is 10.0. The van der Waals surface area contributed by atoms with Gasteiger partial charge in [-0.1, -0.05) is 27.7 Å². The molecule has 0 saturated carbocycles. The van der Waals surface area contributed by atoms with Gasteiger partial charge in [0.2, 0.25) is 0 Å². The highest BCUT2D eigenvalue weighted by Gasteiger charge is 2.20. The second-order valence-electron chi connectivity index (χ2n) is 8.35. The number of nitrogens with zero attached hydrogens (tertiary/aromatic N) is 4. The van der Waals surface area contributed by atoms with Gasteiger partial charge in [-0.2, -0.15) is 5.10 Å². The highest BCUT2D eigenvalue weighted by Crippen LogP contribution is 2.15. The normalized spacial score (nSPS) is 14.5. The van der Waals surface area contributed by atoms with Crippen molar-refractivity contribution >= 4 is 5.91 Å². The van der Waals surface area contributed by atoms with Crippen LogP contribution in [0.2, 0.25) is 0 Å². The molecule has 0 atom stereocenters. The smallest absolute Gasteiger partial charge is 0.263 e. The number of amides is 1. The van der Waals surface area contributed by atoms with Gasteiger partial charge in [0.05, 0.1) is 24.5 Å². The largest absolute Gasteiger partial charge is 0.346 e. The number of carbonyl (C=O) groups is 1. The number of nitrogens with one attached hydrogen (secondary N) is 1. The molecule has 1 N–H and O–H groups in total. The van der Waals surface area contributed by atoms with Crippen LogP contribution in [-0.2, 0) is 26.7 Å². The molecule has 2 aromatic rings. The molecular weight excluding hydrogens is 354 g/mol.